The summed E-state index contributed by atoms with van der Waals surface area (Å²) in [5.74, 6) is -1.08. The van der Waals surface area contributed by atoms with Crippen LogP contribution < -0.4 is 5.73 Å². The van der Waals surface area contributed by atoms with Crippen molar-refractivity contribution in [2.45, 2.75) is 38.4 Å². The Hall–Kier alpha value is 0.220. The van der Waals surface area contributed by atoms with Crippen molar-refractivity contribution in [3.63, 3.8) is 0 Å². The van der Waals surface area contributed by atoms with Crippen LogP contribution in [0.15, 0.2) is 9.66 Å². The van der Waals surface area contributed by atoms with Crippen LogP contribution in [0.3, 0.4) is 0 Å². The first-order chi connectivity index (χ1) is 6.86. The zero-order valence-corrected chi connectivity index (χ0v) is 10.7. The lowest BCUT2D eigenvalue weighted by atomic mass is 9.78. The highest BCUT2D eigenvalue weighted by Gasteiger charge is 2.44. The number of halogens is 4. The van der Waals surface area contributed by atoms with E-state index in [4.69, 9.17) is 5.73 Å². The molecule has 1 fully saturated rings. The van der Waals surface area contributed by atoms with Gasteiger partial charge >= 0.3 is 6.18 Å². The van der Waals surface area contributed by atoms with E-state index in [2.05, 4.69) is 22.6 Å². The second kappa shape index (κ2) is 5.03. The SMILES string of the molecule is C/C=C(/I)C1CCC(C(F)(F)F)CC1N. The monoisotopic (exact) mass is 333 g/mol. The van der Waals surface area contributed by atoms with Crippen molar-refractivity contribution in [1.29, 1.82) is 0 Å². The number of rotatable bonds is 1. The number of alkyl halides is 3. The number of allylic oxidation sites excluding steroid dienone is 1. The maximum absolute atomic E-state index is 12.5. The number of hydrogen-bond donors (Lipinski definition) is 1. The minimum atomic E-state index is -4.08. The summed E-state index contributed by atoms with van der Waals surface area (Å²) < 4.78 is 38.4. The van der Waals surface area contributed by atoms with Gasteiger partial charge in [0.2, 0.25) is 0 Å². The van der Waals surface area contributed by atoms with Crippen LogP contribution in [0.2, 0.25) is 0 Å². The number of hydrogen-bond acceptors (Lipinski definition) is 1. The van der Waals surface area contributed by atoms with Crippen molar-refractivity contribution in [2.24, 2.45) is 17.6 Å². The minimum absolute atomic E-state index is 0.0640. The Bertz CT molecular complexity index is 250. The summed E-state index contributed by atoms with van der Waals surface area (Å²) >= 11 is 2.17. The predicted octanol–water partition coefficient (Wildman–Crippen LogP) is 3.63. The fourth-order valence-corrected chi connectivity index (χ4v) is 2.83. The lowest BCUT2D eigenvalue weighted by Crippen LogP contribution is -2.41. The Labute approximate surface area is 101 Å². The van der Waals surface area contributed by atoms with Gasteiger partial charge in [0.1, 0.15) is 0 Å². The van der Waals surface area contributed by atoms with E-state index in [1.165, 1.54) is 0 Å². The quantitative estimate of drug-likeness (QED) is 0.729. The second-order valence-electron chi connectivity index (χ2n) is 4.00. The molecule has 0 radical (unpaired) electrons. The molecule has 0 aliphatic heterocycles. The van der Waals surface area contributed by atoms with Crippen LogP contribution in [0.1, 0.15) is 26.2 Å². The van der Waals surface area contributed by atoms with Crippen molar-refractivity contribution in [1.82, 2.24) is 0 Å². The zero-order valence-electron chi connectivity index (χ0n) is 8.52. The van der Waals surface area contributed by atoms with Crippen LogP contribution in [0.25, 0.3) is 0 Å². The maximum atomic E-state index is 12.5. The number of nitrogens with two attached hydrogens (primary N) is 1. The van der Waals surface area contributed by atoms with Crippen LogP contribution in [-0.2, 0) is 0 Å². The fourth-order valence-electron chi connectivity index (χ4n) is 2.06. The minimum Gasteiger partial charge on any atom is -0.327 e. The largest absolute Gasteiger partial charge is 0.391 e. The first-order valence-corrected chi connectivity index (χ1v) is 6.08. The highest BCUT2D eigenvalue weighted by Crippen LogP contribution is 2.42. The van der Waals surface area contributed by atoms with Crippen molar-refractivity contribution in [3.05, 3.63) is 9.66 Å². The molecular formula is C10H15F3IN. The van der Waals surface area contributed by atoms with Crippen LogP contribution in [-0.4, -0.2) is 12.2 Å². The third-order valence-electron chi connectivity index (χ3n) is 2.99. The Balaban J connectivity index is 2.63. The molecule has 1 aliphatic rings. The van der Waals surface area contributed by atoms with Gasteiger partial charge in [-0.3, -0.25) is 0 Å². The lowest BCUT2D eigenvalue weighted by molar-refractivity contribution is -0.184. The Morgan fingerprint density at radius 1 is 1.40 bits per heavy atom. The lowest BCUT2D eigenvalue weighted by Gasteiger charge is -2.34. The van der Waals surface area contributed by atoms with Crippen LogP contribution >= 0.6 is 22.6 Å². The Morgan fingerprint density at radius 3 is 2.40 bits per heavy atom. The molecule has 0 aromatic carbocycles. The molecule has 3 atom stereocenters. The Morgan fingerprint density at radius 2 is 2.00 bits per heavy atom. The summed E-state index contributed by atoms with van der Waals surface area (Å²) in [6.45, 7) is 1.89. The predicted molar refractivity (Wildman–Crippen MR) is 62.6 cm³/mol. The molecule has 15 heavy (non-hydrogen) atoms. The van der Waals surface area contributed by atoms with E-state index in [-0.39, 0.29) is 24.8 Å². The van der Waals surface area contributed by atoms with Crippen LogP contribution in [0.4, 0.5) is 13.2 Å². The second-order valence-corrected chi connectivity index (χ2v) is 5.24. The van der Waals surface area contributed by atoms with Crippen molar-refractivity contribution in [2.75, 3.05) is 0 Å². The maximum Gasteiger partial charge on any atom is 0.391 e. The van der Waals surface area contributed by atoms with Gasteiger partial charge in [-0.2, -0.15) is 13.2 Å². The summed E-state index contributed by atoms with van der Waals surface area (Å²) in [7, 11) is 0. The first kappa shape index (κ1) is 13.3. The highest BCUT2D eigenvalue weighted by atomic mass is 127. The molecule has 1 aliphatic carbocycles. The van der Waals surface area contributed by atoms with Crippen molar-refractivity contribution >= 4 is 22.6 Å². The molecule has 0 bridgehead atoms. The molecule has 0 amide bonds. The van der Waals surface area contributed by atoms with Gasteiger partial charge in [0.15, 0.2) is 0 Å². The van der Waals surface area contributed by atoms with Gasteiger partial charge in [-0.1, -0.05) is 6.08 Å². The molecule has 0 aromatic heterocycles. The van der Waals surface area contributed by atoms with E-state index >= 15 is 0 Å². The van der Waals surface area contributed by atoms with Crippen LogP contribution in [0.5, 0.6) is 0 Å². The third kappa shape index (κ3) is 3.34. The average molecular weight is 333 g/mol. The molecule has 1 rings (SSSR count). The molecule has 0 heterocycles. The summed E-state index contributed by atoms with van der Waals surface area (Å²) in [5, 5.41) is 0. The van der Waals surface area contributed by atoms with E-state index in [0.29, 0.717) is 6.42 Å². The first-order valence-electron chi connectivity index (χ1n) is 5.00. The third-order valence-corrected chi connectivity index (χ3v) is 4.42. The van der Waals surface area contributed by atoms with Gasteiger partial charge in [-0.25, -0.2) is 0 Å². The molecule has 1 nitrogen and oxygen atoms in total. The molecule has 1 saturated carbocycles. The van der Waals surface area contributed by atoms with E-state index in [9.17, 15) is 13.2 Å². The molecule has 0 aromatic rings. The van der Waals surface area contributed by atoms with Gasteiger partial charge < -0.3 is 5.73 Å². The van der Waals surface area contributed by atoms with Crippen molar-refractivity contribution in [3.8, 4) is 0 Å². The molecule has 3 unspecified atom stereocenters. The van der Waals surface area contributed by atoms with E-state index in [1.807, 2.05) is 13.0 Å². The molecule has 0 spiro atoms. The topological polar surface area (TPSA) is 26.0 Å². The van der Waals surface area contributed by atoms with Gasteiger partial charge in [0.25, 0.3) is 0 Å². The average Bonchev–Trinajstić information content (AvgIpc) is 2.15. The van der Waals surface area contributed by atoms with Crippen molar-refractivity contribution < 1.29 is 13.2 Å². The van der Waals surface area contributed by atoms with Gasteiger partial charge in [-0.05, 0) is 52.4 Å². The van der Waals surface area contributed by atoms with E-state index in [1.54, 1.807) is 0 Å². The summed E-state index contributed by atoms with van der Waals surface area (Å²) in [4.78, 5) is 0. The van der Waals surface area contributed by atoms with E-state index in [0.717, 1.165) is 3.58 Å². The highest BCUT2D eigenvalue weighted by molar-refractivity contribution is 14.1. The normalized spacial score (nSPS) is 34.3. The Kier molecular flexibility index (Phi) is 4.46. The fraction of sp³-hybridized carbons (Fsp3) is 0.800. The summed E-state index contributed by atoms with van der Waals surface area (Å²) in [5.41, 5.74) is 5.80. The molecular weight excluding hydrogens is 318 g/mol. The summed E-state index contributed by atoms with van der Waals surface area (Å²) in [6.07, 6.45) is -1.33. The summed E-state index contributed by atoms with van der Waals surface area (Å²) in [6, 6.07) is -0.353. The standard InChI is InChI=1S/C10H15F3IN/c1-2-8(14)7-4-3-6(5-9(7)15)10(11,12)13/h2,6-7,9H,3-5,15H2,1H3/b8-2+. The molecule has 5 heteroatoms. The van der Waals surface area contributed by atoms with Gasteiger partial charge in [-0.15, -0.1) is 0 Å². The zero-order chi connectivity index (χ0) is 11.6. The smallest absolute Gasteiger partial charge is 0.327 e. The molecule has 0 saturated heterocycles. The van der Waals surface area contributed by atoms with E-state index < -0.39 is 12.1 Å². The molecule has 88 valence electrons. The van der Waals surface area contributed by atoms with Gasteiger partial charge in [0, 0.05) is 12.0 Å². The van der Waals surface area contributed by atoms with Crippen LogP contribution in [0, 0.1) is 11.8 Å². The molecule has 2 N–H and O–H groups in total. The van der Waals surface area contributed by atoms with Gasteiger partial charge in [0.05, 0.1) is 5.92 Å².